The lowest BCUT2D eigenvalue weighted by atomic mass is 9.98. The van der Waals surface area contributed by atoms with Gasteiger partial charge in [0.15, 0.2) is 0 Å². The summed E-state index contributed by atoms with van der Waals surface area (Å²) in [5.74, 6) is -0.463. The van der Waals surface area contributed by atoms with E-state index >= 15 is 0 Å². The Morgan fingerprint density at radius 3 is 2.21 bits per heavy atom. The van der Waals surface area contributed by atoms with Crippen molar-refractivity contribution in [2.24, 2.45) is 5.92 Å². The Labute approximate surface area is 199 Å². The van der Waals surface area contributed by atoms with E-state index in [0.717, 1.165) is 21.9 Å². The topological polar surface area (TPSA) is 136 Å². The van der Waals surface area contributed by atoms with Crippen molar-refractivity contribution in [2.75, 3.05) is 6.54 Å². The average molecular weight is 490 g/mol. The van der Waals surface area contributed by atoms with E-state index in [-0.39, 0.29) is 35.6 Å². The first-order chi connectivity index (χ1) is 16.1. The first-order valence-electron chi connectivity index (χ1n) is 11.3. The number of nitrogens with one attached hydrogen (secondary N) is 2. The van der Waals surface area contributed by atoms with Gasteiger partial charge in [-0.15, -0.1) is 0 Å². The molecule has 0 saturated carbocycles. The van der Waals surface area contributed by atoms with E-state index in [2.05, 4.69) is 5.32 Å². The number of carbonyl (C=O) groups is 2. The molecule has 0 radical (unpaired) electrons. The van der Waals surface area contributed by atoms with Gasteiger partial charge in [0, 0.05) is 19.0 Å². The fourth-order valence-electron chi connectivity index (χ4n) is 4.00. The normalized spacial score (nSPS) is 19.1. The van der Waals surface area contributed by atoms with E-state index in [0.29, 0.717) is 18.8 Å². The van der Waals surface area contributed by atoms with Crippen molar-refractivity contribution in [3.63, 3.8) is 0 Å². The standard InChI is InChI=1S/C24H31N3O6S/c1-16(2)3-12-23(29)25-19-13-14-27(22(15-19)24(30)26-31)34(32,33)21-10-6-18(7-11-21)17-4-8-20(28)9-5-17/h4-11,16,19,22,28,31H,3,12-15H2,1-2H3,(H,25,29)(H,26,30)/t19-,22-/m1/s1. The van der Waals surface area contributed by atoms with Gasteiger partial charge in [-0.3, -0.25) is 14.8 Å². The molecule has 2 atom stereocenters. The number of sulfonamides is 1. The van der Waals surface area contributed by atoms with E-state index < -0.39 is 22.0 Å². The Hall–Kier alpha value is -2.95. The fraction of sp³-hybridized carbons (Fsp3) is 0.417. The highest BCUT2D eigenvalue weighted by molar-refractivity contribution is 7.89. The molecule has 0 aromatic heterocycles. The monoisotopic (exact) mass is 489 g/mol. The highest BCUT2D eigenvalue weighted by Gasteiger charge is 2.41. The van der Waals surface area contributed by atoms with Crippen LogP contribution in [0.5, 0.6) is 5.75 Å². The second-order valence-electron chi connectivity index (χ2n) is 8.90. The predicted octanol–water partition coefficient (Wildman–Crippen LogP) is 2.64. The Morgan fingerprint density at radius 1 is 1.06 bits per heavy atom. The van der Waals surface area contributed by atoms with Crippen LogP contribution in [0.1, 0.15) is 39.5 Å². The van der Waals surface area contributed by atoms with Crippen LogP contribution in [0.15, 0.2) is 53.4 Å². The van der Waals surface area contributed by atoms with Crippen LogP contribution in [-0.2, 0) is 19.6 Å². The number of rotatable bonds is 8. The van der Waals surface area contributed by atoms with Crippen LogP contribution in [0.4, 0.5) is 0 Å². The van der Waals surface area contributed by atoms with Crippen LogP contribution < -0.4 is 10.8 Å². The molecule has 1 heterocycles. The maximum atomic E-state index is 13.4. The van der Waals surface area contributed by atoms with E-state index in [9.17, 15) is 28.3 Å². The molecular weight excluding hydrogens is 458 g/mol. The summed E-state index contributed by atoms with van der Waals surface area (Å²) >= 11 is 0. The zero-order valence-electron chi connectivity index (χ0n) is 19.3. The minimum Gasteiger partial charge on any atom is -0.508 e. The first kappa shape index (κ1) is 25.7. The van der Waals surface area contributed by atoms with Gasteiger partial charge in [0.2, 0.25) is 15.9 Å². The SMILES string of the molecule is CC(C)CCC(=O)N[C@@H]1CCN(S(=O)(=O)c2ccc(-c3ccc(O)cc3)cc2)[C@@H](C(=O)NO)C1. The minimum atomic E-state index is -4.04. The smallest absolute Gasteiger partial charge is 0.261 e. The maximum Gasteiger partial charge on any atom is 0.261 e. The molecule has 184 valence electrons. The Morgan fingerprint density at radius 2 is 1.65 bits per heavy atom. The number of nitrogens with zero attached hydrogens (tertiary/aromatic N) is 1. The molecule has 34 heavy (non-hydrogen) atoms. The highest BCUT2D eigenvalue weighted by atomic mass is 32.2. The zero-order chi connectivity index (χ0) is 24.9. The molecule has 0 bridgehead atoms. The minimum absolute atomic E-state index is 0.0187. The van der Waals surface area contributed by atoms with E-state index in [1.165, 1.54) is 12.1 Å². The van der Waals surface area contributed by atoms with Gasteiger partial charge in [-0.05, 0) is 60.6 Å². The molecule has 2 aromatic rings. The largest absolute Gasteiger partial charge is 0.508 e. The fourth-order valence-corrected chi connectivity index (χ4v) is 5.62. The number of hydroxylamine groups is 1. The quantitative estimate of drug-likeness (QED) is 0.332. The van der Waals surface area contributed by atoms with Gasteiger partial charge < -0.3 is 10.4 Å². The molecule has 0 spiro atoms. The van der Waals surface area contributed by atoms with Crippen molar-refractivity contribution in [3.05, 3.63) is 48.5 Å². The Bertz CT molecular complexity index is 1100. The summed E-state index contributed by atoms with van der Waals surface area (Å²) in [5, 5.41) is 21.5. The first-order valence-corrected chi connectivity index (χ1v) is 12.7. The Balaban J connectivity index is 1.76. The molecule has 1 aliphatic rings. The number of hydrogen-bond donors (Lipinski definition) is 4. The third-order valence-electron chi connectivity index (χ3n) is 5.94. The Kier molecular flexibility index (Phi) is 8.29. The van der Waals surface area contributed by atoms with Crippen molar-refractivity contribution >= 4 is 21.8 Å². The number of piperidine rings is 1. The van der Waals surface area contributed by atoms with E-state index in [4.69, 9.17) is 0 Å². The van der Waals surface area contributed by atoms with Crippen molar-refractivity contribution in [1.82, 2.24) is 15.1 Å². The second kappa shape index (κ2) is 11.0. The van der Waals surface area contributed by atoms with Gasteiger partial charge in [0.1, 0.15) is 11.8 Å². The van der Waals surface area contributed by atoms with Gasteiger partial charge in [-0.1, -0.05) is 38.1 Å². The summed E-state index contributed by atoms with van der Waals surface area (Å²) in [6.45, 7) is 4.07. The number of hydrogen-bond acceptors (Lipinski definition) is 6. The highest BCUT2D eigenvalue weighted by Crippen LogP contribution is 2.28. The van der Waals surface area contributed by atoms with Crippen molar-refractivity contribution in [3.8, 4) is 16.9 Å². The lowest BCUT2D eigenvalue weighted by molar-refractivity contribution is -0.135. The van der Waals surface area contributed by atoms with Gasteiger partial charge in [0.25, 0.3) is 5.91 Å². The molecule has 3 rings (SSSR count). The van der Waals surface area contributed by atoms with Crippen molar-refractivity contribution < 1.29 is 28.3 Å². The number of phenolic OH excluding ortho intramolecular Hbond substituents is 1. The molecule has 9 nitrogen and oxygen atoms in total. The van der Waals surface area contributed by atoms with Crippen LogP contribution in [0.2, 0.25) is 0 Å². The van der Waals surface area contributed by atoms with Crippen LogP contribution in [-0.4, -0.2) is 53.5 Å². The van der Waals surface area contributed by atoms with Crippen LogP contribution in [0, 0.1) is 5.92 Å². The third-order valence-corrected chi connectivity index (χ3v) is 7.86. The summed E-state index contributed by atoms with van der Waals surface area (Å²) < 4.78 is 27.8. The molecule has 1 fully saturated rings. The summed E-state index contributed by atoms with van der Waals surface area (Å²) in [6.07, 6.45) is 1.51. The van der Waals surface area contributed by atoms with Crippen LogP contribution in [0.25, 0.3) is 11.1 Å². The summed E-state index contributed by atoms with van der Waals surface area (Å²) in [4.78, 5) is 24.6. The van der Waals surface area contributed by atoms with Crippen molar-refractivity contribution in [1.29, 1.82) is 0 Å². The van der Waals surface area contributed by atoms with Gasteiger partial charge in [-0.25, -0.2) is 13.9 Å². The van der Waals surface area contributed by atoms with Gasteiger partial charge in [0.05, 0.1) is 4.90 Å². The summed E-state index contributed by atoms with van der Waals surface area (Å²) in [5.41, 5.74) is 3.14. The number of phenols is 1. The average Bonchev–Trinajstić information content (AvgIpc) is 2.82. The van der Waals surface area contributed by atoms with Gasteiger partial charge in [-0.2, -0.15) is 4.31 Å². The molecular formula is C24H31N3O6S. The summed E-state index contributed by atoms with van der Waals surface area (Å²) in [7, 11) is -4.04. The summed E-state index contributed by atoms with van der Waals surface area (Å²) in [6, 6.07) is 11.2. The number of amides is 2. The molecule has 4 N–H and O–H groups in total. The van der Waals surface area contributed by atoms with E-state index in [1.54, 1.807) is 41.9 Å². The maximum absolute atomic E-state index is 13.4. The molecule has 2 amide bonds. The second-order valence-corrected chi connectivity index (χ2v) is 10.8. The molecule has 0 unspecified atom stereocenters. The third kappa shape index (κ3) is 6.13. The molecule has 1 saturated heterocycles. The predicted molar refractivity (Wildman–Crippen MR) is 126 cm³/mol. The number of carbonyl (C=O) groups excluding carboxylic acids is 2. The van der Waals surface area contributed by atoms with Crippen LogP contribution >= 0.6 is 0 Å². The van der Waals surface area contributed by atoms with Crippen molar-refractivity contribution in [2.45, 2.75) is 56.5 Å². The van der Waals surface area contributed by atoms with Gasteiger partial charge >= 0.3 is 0 Å². The lowest BCUT2D eigenvalue weighted by Gasteiger charge is -2.37. The lowest BCUT2D eigenvalue weighted by Crippen LogP contribution is -2.56. The van der Waals surface area contributed by atoms with Crippen LogP contribution in [0.3, 0.4) is 0 Å². The molecule has 0 aliphatic carbocycles. The zero-order valence-corrected chi connectivity index (χ0v) is 20.1. The number of aromatic hydroxyl groups is 1. The molecule has 2 aromatic carbocycles. The molecule has 10 heteroatoms. The molecule has 1 aliphatic heterocycles. The number of benzene rings is 2. The van der Waals surface area contributed by atoms with E-state index in [1.807, 2.05) is 13.8 Å².